The maximum absolute atomic E-state index is 11.9. The van der Waals surface area contributed by atoms with Gasteiger partial charge in [-0.3, -0.25) is 9.79 Å². The first-order chi connectivity index (χ1) is 11.9. The number of carbonyl (C=O) groups is 1. The molecule has 2 rings (SSSR count). The van der Waals surface area contributed by atoms with Crippen LogP contribution in [0.4, 0.5) is 0 Å². The Kier molecular flexibility index (Phi) is 7.50. The van der Waals surface area contributed by atoms with Crippen molar-refractivity contribution in [3.63, 3.8) is 0 Å². The molecule has 0 aliphatic carbocycles. The zero-order valence-electron chi connectivity index (χ0n) is 16.5. The van der Waals surface area contributed by atoms with Gasteiger partial charge in [0, 0.05) is 59.4 Å². The molecule has 144 valence electrons. The fourth-order valence-electron chi connectivity index (χ4n) is 3.73. The average Bonchev–Trinajstić information content (AvgIpc) is 2.98. The fourth-order valence-corrected chi connectivity index (χ4v) is 3.73. The van der Waals surface area contributed by atoms with E-state index in [1.54, 1.807) is 0 Å². The van der Waals surface area contributed by atoms with Gasteiger partial charge >= 0.3 is 5.97 Å². The van der Waals surface area contributed by atoms with Crippen molar-refractivity contribution in [1.82, 2.24) is 20.0 Å². The molecule has 2 fully saturated rings. The van der Waals surface area contributed by atoms with Crippen LogP contribution in [0.5, 0.6) is 0 Å². The van der Waals surface area contributed by atoms with Crippen molar-refractivity contribution in [2.24, 2.45) is 22.7 Å². The molecule has 2 aliphatic heterocycles. The Morgan fingerprint density at radius 1 is 1.28 bits per heavy atom. The summed E-state index contributed by atoms with van der Waals surface area (Å²) in [5.41, 5.74) is 0. The molecule has 0 bridgehead atoms. The van der Waals surface area contributed by atoms with Gasteiger partial charge in [-0.2, -0.15) is 0 Å². The van der Waals surface area contributed by atoms with Crippen molar-refractivity contribution in [1.29, 1.82) is 0 Å². The van der Waals surface area contributed by atoms with Crippen LogP contribution >= 0.6 is 0 Å². The first-order valence-electron chi connectivity index (χ1n) is 9.38. The van der Waals surface area contributed by atoms with Crippen LogP contribution in [0.15, 0.2) is 4.99 Å². The third-order valence-corrected chi connectivity index (χ3v) is 5.40. The second kappa shape index (κ2) is 9.38. The van der Waals surface area contributed by atoms with Crippen LogP contribution in [0.1, 0.15) is 13.8 Å². The third-order valence-electron chi connectivity index (χ3n) is 5.40. The number of rotatable bonds is 5. The molecular weight excluding hydrogens is 318 g/mol. The minimum absolute atomic E-state index is 0.0636. The van der Waals surface area contributed by atoms with E-state index in [1.807, 2.05) is 7.05 Å². The SMILES string of the molecule is CN=C(NCC(C)CN1CCN(C)CC1)N1CC(C)C(C(=O)OC)C1. The molecule has 3 atom stereocenters. The largest absolute Gasteiger partial charge is 0.469 e. The Hall–Kier alpha value is -1.34. The van der Waals surface area contributed by atoms with E-state index in [0.29, 0.717) is 12.5 Å². The molecule has 25 heavy (non-hydrogen) atoms. The molecule has 0 radical (unpaired) electrons. The highest BCUT2D eigenvalue weighted by molar-refractivity contribution is 5.82. The van der Waals surface area contributed by atoms with Crippen LogP contribution in [-0.4, -0.2) is 100 Å². The number of ether oxygens (including phenoxy) is 1. The molecule has 2 saturated heterocycles. The van der Waals surface area contributed by atoms with Gasteiger partial charge < -0.3 is 24.8 Å². The van der Waals surface area contributed by atoms with E-state index in [2.05, 4.69) is 45.9 Å². The van der Waals surface area contributed by atoms with Crippen molar-refractivity contribution < 1.29 is 9.53 Å². The van der Waals surface area contributed by atoms with Crippen LogP contribution in [0.2, 0.25) is 0 Å². The van der Waals surface area contributed by atoms with Gasteiger partial charge in [-0.1, -0.05) is 13.8 Å². The highest BCUT2D eigenvalue weighted by Gasteiger charge is 2.36. The first-order valence-corrected chi connectivity index (χ1v) is 9.38. The molecule has 0 aromatic carbocycles. The molecular formula is C18H35N5O2. The summed E-state index contributed by atoms with van der Waals surface area (Å²) in [6.07, 6.45) is 0. The van der Waals surface area contributed by atoms with Crippen molar-refractivity contribution in [3.05, 3.63) is 0 Å². The van der Waals surface area contributed by atoms with Crippen molar-refractivity contribution >= 4 is 11.9 Å². The number of hydrogen-bond acceptors (Lipinski definition) is 5. The summed E-state index contributed by atoms with van der Waals surface area (Å²) in [5, 5.41) is 3.49. The minimum atomic E-state index is -0.117. The summed E-state index contributed by atoms with van der Waals surface area (Å²) < 4.78 is 4.92. The normalized spacial score (nSPS) is 27.4. The fraction of sp³-hybridized carbons (Fsp3) is 0.889. The average molecular weight is 354 g/mol. The Morgan fingerprint density at radius 3 is 2.56 bits per heavy atom. The van der Waals surface area contributed by atoms with E-state index >= 15 is 0 Å². The van der Waals surface area contributed by atoms with Gasteiger partial charge in [0.2, 0.25) is 0 Å². The minimum Gasteiger partial charge on any atom is -0.469 e. The van der Waals surface area contributed by atoms with Crippen LogP contribution in [0, 0.1) is 17.8 Å². The Balaban J connectivity index is 1.77. The summed E-state index contributed by atoms with van der Waals surface area (Å²) in [6, 6.07) is 0. The second-order valence-corrected chi connectivity index (χ2v) is 7.65. The number of likely N-dealkylation sites (tertiary alicyclic amines) is 1. The summed E-state index contributed by atoms with van der Waals surface area (Å²) in [7, 11) is 5.46. The van der Waals surface area contributed by atoms with E-state index in [4.69, 9.17) is 4.74 Å². The zero-order chi connectivity index (χ0) is 18.4. The number of methoxy groups -OCH3 is 1. The van der Waals surface area contributed by atoms with Crippen LogP contribution in [0.3, 0.4) is 0 Å². The van der Waals surface area contributed by atoms with Gasteiger partial charge in [0.1, 0.15) is 0 Å². The number of carbonyl (C=O) groups excluding carboxylic acids is 1. The number of likely N-dealkylation sites (N-methyl/N-ethyl adjacent to an activating group) is 1. The first kappa shape index (κ1) is 20.0. The highest BCUT2D eigenvalue weighted by Crippen LogP contribution is 2.24. The molecule has 0 aromatic rings. The summed E-state index contributed by atoms with van der Waals surface area (Å²) in [5.74, 6) is 1.55. The van der Waals surface area contributed by atoms with Crippen molar-refractivity contribution in [2.75, 3.05) is 73.6 Å². The van der Waals surface area contributed by atoms with Crippen LogP contribution < -0.4 is 5.32 Å². The molecule has 2 aliphatic rings. The number of piperazine rings is 1. The van der Waals surface area contributed by atoms with Gasteiger partial charge in [0.15, 0.2) is 5.96 Å². The number of hydrogen-bond donors (Lipinski definition) is 1. The van der Waals surface area contributed by atoms with Crippen LogP contribution in [0.25, 0.3) is 0 Å². The Labute approximate surface area is 152 Å². The van der Waals surface area contributed by atoms with Gasteiger partial charge in [-0.25, -0.2) is 0 Å². The molecule has 7 nitrogen and oxygen atoms in total. The summed E-state index contributed by atoms with van der Waals surface area (Å²) in [6.45, 7) is 12.5. The van der Waals surface area contributed by atoms with Crippen molar-refractivity contribution in [3.8, 4) is 0 Å². The molecule has 1 N–H and O–H groups in total. The standard InChI is InChI=1S/C18H35N5O2/c1-14(11-22-8-6-21(4)7-9-22)10-20-18(19-3)23-12-15(2)16(13-23)17(24)25-5/h14-16H,6-13H2,1-5H3,(H,19,20). The lowest BCUT2D eigenvalue weighted by Gasteiger charge is -2.34. The lowest BCUT2D eigenvalue weighted by Crippen LogP contribution is -2.48. The lowest BCUT2D eigenvalue weighted by molar-refractivity contribution is -0.145. The number of esters is 1. The Bertz CT molecular complexity index is 462. The van der Waals surface area contributed by atoms with Gasteiger partial charge in [-0.05, 0) is 18.9 Å². The molecule has 0 aromatic heterocycles. The maximum atomic E-state index is 11.9. The highest BCUT2D eigenvalue weighted by atomic mass is 16.5. The maximum Gasteiger partial charge on any atom is 0.310 e. The number of guanidine groups is 1. The van der Waals surface area contributed by atoms with Gasteiger partial charge in [-0.15, -0.1) is 0 Å². The van der Waals surface area contributed by atoms with Gasteiger partial charge in [0.05, 0.1) is 13.0 Å². The molecule has 3 unspecified atom stereocenters. The lowest BCUT2D eigenvalue weighted by atomic mass is 9.99. The topological polar surface area (TPSA) is 60.4 Å². The van der Waals surface area contributed by atoms with Crippen LogP contribution in [-0.2, 0) is 9.53 Å². The molecule has 0 amide bonds. The Morgan fingerprint density at radius 2 is 1.96 bits per heavy atom. The number of nitrogens with zero attached hydrogens (tertiary/aromatic N) is 4. The predicted octanol–water partition coefficient (Wildman–Crippen LogP) is 0.186. The summed E-state index contributed by atoms with van der Waals surface area (Å²) >= 11 is 0. The summed E-state index contributed by atoms with van der Waals surface area (Å²) in [4.78, 5) is 23.4. The molecule has 0 saturated carbocycles. The number of aliphatic imine (C=N–C) groups is 1. The van der Waals surface area contributed by atoms with Gasteiger partial charge in [0.25, 0.3) is 0 Å². The van der Waals surface area contributed by atoms with E-state index < -0.39 is 0 Å². The second-order valence-electron chi connectivity index (χ2n) is 7.65. The van der Waals surface area contributed by atoms with E-state index in [9.17, 15) is 4.79 Å². The van der Waals surface area contributed by atoms with Crippen molar-refractivity contribution in [2.45, 2.75) is 13.8 Å². The smallest absolute Gasteiger partial charge is 0.310 e. The predicted molar refractivity (Wildman–Crippen MR) is 101 cm³/mol. The monoisotopic (exact) mass is 353 g/mol. The molecule has 0 spiro atoms. The molecule has 2 heterocycles. The third kappa shape index (κ3) is 5.57. The quantitative estimate of drug-likeness (QED) is 0.432. The number of nitrogens with one attached hydrogen (secondary N) is 1. The zero-order valence-corrected chi connectivity index (χ0v) is 16.5. The van der Waals surface area contributed by atoms with E-state index in [1.165, 1.54) is 7.11 Å². The van der Waals surface area contributed by atoms with E-state index in [0.717, 1.165) is 51.8 Å². The van der Waals surface area contributed by atoms with E-state index in [-0.39, 0.29) is 17.8 Å². The molecule has 7 heteroatoms.